The topological polar surface area (TPSA) is 46.5 Å². The molecule has 0 aliphatic heterocycles. The van der Waals surface area contributed by atoms with E-state index in [1.54, 1.807) is 0 Å². The van der Waals surface area contributed by atoms with Crippen molar-refractivity contribution in [1.82, 2.24) is 0 Å². The predicted molar refractivity (Wildman–Crippen MR) is 80.2 cm³/mol. The molecule has 2 atom stereocenters. The normalized spacial score (nSPS) is 30.5. The molecule has 0 amide bonds. The van der Waals surface area contributed by atoms with Crippen LogP contribution in [0.1, 0.15) is 60.4 Å². The van der Waals surface area contributed by atoms with Gasteiger partial charge in [-0.25, -0.2) is 18.0 Å². The van der Waals surface area contributed by atoms with Gasteiger partial charge in [-0.3, -0.25) is 0 Å². The molecule has 3 nitrogen and oxygen atoms in total. The maximum atomic E-state index is 14.1. The molecule has 2 unspecified atom stereocenters. The van der Waals surface area contributed by atoms with E-state index in [1.807, 2.05) is 0 Å². The molecule has 0 heterocycles. The molecule has 0 aromatic heterocycles. The van der Waals surface area contributed by atoms with E-state index in [9.17, 15) is 18.0 Å². The lowest BCUT2D eigenvalue weighted by Gasteiger charge is -2.22. The number of carbonyl (C=O) groups is 1. The fourth-order valence-electron chi connectivity index (χ4n) is 4.23. The van der Waals surface area contributed by atoms with Crippen LogP contribution >= 0.6 is 0 Å². The zero-order chi connectivity index (χ0) is 17.1. The van der Waals surface area contributed by atoms with Gasteiger partial charge in [0, 0.05) is 12.0 Å². The van der Waals surface area contributed by atoms with Crippen molar-refractivity contribution in [2.45, 2.75) is 50.4 Å². The van der Waals surface area contributed by atoms with E-state index in [1.165, 1.54) is 6.07 Å². The third-order valence-corrected chi connectivity index (χ3v) is 5.88. The minimum Gasteiger partial charge on any atom is -0.492 e. The molecular formula is C18H19F3O3. The monoisotopic (exact) mass is 340 g/mol. The second-order valence-corrected chi connectivity index (χ2v) is 7.32. The highest BCUT2D eigenvalue weighted by atomic mass is 19.3. The molecule has 130 valence electrons. The standard InChI is InChI=1S/C18H19F3O3/c19-13-8-14(11(10-4-5-10)7-12(13)16(22)23)24-9-17-6-2-1-3-15(17)18(17,20)21/h7-8,10,15H,1-6,9H2,(H,22,23). The third kappa shape index (κ3) is 2.22. The number of hydrogen-bond acceptors (Lipinski definition) is 2. The lowest BCUT2D eigenvalue weighted by molar-refractivity contribution is 0.0368. The first kappa shape index (κ1) is 15.8. The zero-order valence-electron chi connectivity index (χ0n) is 13.2. The number of carboxylic acid groups (broad SMARTS) is 1. The van der Waals surface area contributed by atoms with Gasteiger partial charge >= 0.3 is 5.97 Å². The van der Waals surface area contributed by atoms with Gasteiger partial charge < -0.3 is 9.84 Å². The molecule has 24 heavy (non-hydrogen) atoms. The Morgan fingerprint density at radius 3 is 2.62 bits per heavy atom. The number of benzene rings is 1. The molecule has 1 N–H and O–H groups in total. The molecule has 3 aliphatic carbocycles. The lowest BCUT2D eigenvalue weighted by atomic mass is 9.89. The molecule has 0 saturated heterocycles. The van der Waals surface area contributed by atoms with Crippen molar-refractivity contribution in [3.05, 3.63) is 29.1 Å². The van der Waals surface area contributed by atoms with Crippen molar-refractivity contribution in [2.75, 3.05) is 6.61 Å². The third-order valence-electron chi connectivity index (χ3n) is 5.88. The first-order valence-corrected chi connectivity index (χ1v) is 8.44. The van der Waals surface area contributed by atoms with Crippen LogP contribution in [0.4, 0.5) is 13.2 Å². The fourth-order valence-corrected chi connectivity index (χ4v) is 4.23. The van der Waals surface area contributed by atoms with Gasteiger partial charge in [0.25, 0.3) is 5.92 Å². The molecule has 1 aromatic carbocycles. The Hall–Kier alpha value is -1.72. The van der Waals surface area contributed by atoms with Gasteiger partial charge in [0.2, 0.25) is 0 Å². The SMILES string of the molecule is O=C(O)c1cc(C2CC2)c(OCC23CCCCC2C3(F)F)cc1F. The van der Waals surface area contributed by atoms with Crippen molar-refractivity contribution in [3.8, 4) is 5.75 Å². The molecule has 0 bridgehead atoms. The van der Waals surface area contributed by atoms with E-state index in [4.69, 9.17) is 9.84 Å². The van der Waals surface area contributed by atoms with E-state index >= 15 is 0 Å². The highest BCUT2D eigenvalue weighted by Crippen LogP contribution is 2.72. The number of ether oxygens (including phenoxy) is 1. The summed E-state index contributed by atoms with van der Waals surface area (Å²) in [5.74, 6) is -5.20. The molecular weight excluding hydrogens is 321 g/mol. The molecule has 4 rings (SSSR count). The maximum absolute atomic E-state index is 14.1. The molecule has 3 saturated carbocycles. The van der Waals surface area contributed by atoms with Gasteiger partial charge in [-0.05, 0) is 43.2 Å². The van der Waals surface area contributed by atoms with Gasteiger partial charge in [0.05, 0.1) is 11.0 Å². The quantitative estimate of drug-likeness (QED) is 0.852. The summed E-state index contributed by atoms with van der Waals surface area (Å²) in [5.41, 5.74) is -0.884. The summed E-state index contributed by atoms with van der Waals surface area (Å²) >= 11 is 0. The lowest BCUT2D eigenvalue weighted by Crippen LogP contribution is -2.23. The van der Waals surface area contributed by atoms with Crippen LogP contribution < -0.4 is 4.74 Å². The number of carboxylic acids is 1. The van der Waals surface area contributed by atoms with Gasteiger partial charge in [0.15, 0.2) is 0 Å². The predicted octanol–water partition coefficient (Wildman–Crippen LogP) is 4.61. The number of hydrogen-bond donors (Lipinski definition) is 1. The average molecular weight is 340 g/mol. The average Bonchev–Trinajstić information content (AvgIpc) is 3.43. The van der Waals surface area contributed by atoms with Crippen LogP contribution in [0.5, 0.6) is 5.75 Å². The molecule has 3 aliphatic rings. The van der Waals surface area contributed by atoms with Crippen molar-refractivity contribution in [1.29, 1.82) is 0 Å². The second kappa shape index (κ2) is 5.14. The van der Waals surface area contributed by atoms with Crippen molar-refractivity contribution < 1.29 is 27.8 Å². The maximum Gasteiger partial charge on any atom is 0.338 e. The van der Waals surface area contributed by atoms with Gasteiger partial charge in [-0.15, -0.1) is 0 Å². The van der Waals surface area contributed by atoms with E-state index < -0.39 is 34.6 Å². The van der Waals surface area contributed by atoms with Crippen LogP contribution in [0.3, 0.4) is 0 Å². The Labute approximate surface area is 137 Å². The molecule has 1 aromatic rings. The summed E-state index contributed by atoms with van der Waals surface area (Å²) in [6, 6.07) is 2.35. The van der Waals surface area contributed by atoms with Gasteiger partial charge in [-0.2, -0.15) is 0 Å². The van der Waals surface area contributed by atoms with Crippen LogP contribution in [-0.2, 0) is 0 Å². The number of aromatic carboxylic acids is 1. The van der Waals surface area contributed by atoms with E-state index in [2.05, 4.69) is 0 Å². The van der Waals surface area contributed by atoms with Gasteiger partial charge in [-0.1, -0.05) is 12.8 Å². The number of fused-ring (bicyclic) bond motifs is 1. The Kier molecular flexibility index (Phi) is 3.38. The number of alkyl halides is 2. The Morgan fingerprint density at radius 1 is 1.25 bits per heavy atom. The number of halogens is 3. The first-order valence-electron chi connectivity index (χ1n) is 8.44. The molecule has 3 fully saturated rings. The zero-order valence-corrected chi connectivity index (χ0v) is 13.2. The van der Waals surface area contributed by atoms with E-state index in [0.29, 0.717) is 18.4 Å². The second-order valence-electron chi connectivity index (χ2n) is 7.32. The summed E-state index contributed by atoms with van der Waals surface area (Å²) in [6.45, 7) is -0.129. The van der Waals surface area contributed by atoms with Crippen molar-refractivity contribution >= 4 is 5.97 Å². The van der Waals surface area contributed by atoms with Crippen molar-refractivity contribution in [3.63, 3.8) is 0 Å². The highest BCUT2D eigenvalue weighted by molar-refractivity contribution is 5.88. The minimum absolute atomic E-state index is 0.129. The largest absolute Gasteiger partial charge is 0.492 e. The Morgan fingerprint density at radius 2 is 2.00 bits per heavy atom. The molecule has 0 radical (unpaired) electrons. The van der Waals surface area contributed by atoms with Crippen LogP contribution in [-0.4, -0.2) is 23.6 Å². The summed E-state index contributed by atoms with van der Waals surface area (Å²) in [6.07, 6.45) is 4.28. The summed E-state index contributed by atoms with van der Waals surface area (Å²) in [4.78, 5) is 11.1. The fraction of sp³-hybridized carbons (Fsp3) is 0.611. The smallest absolute Gasteiger partial charge is 0.338 e. The Bertz CT molecular complexity index is 699. The van der Waals surface area contributed by atoms with Crippen LogP contribution in [0, 0.1) is 17.2 Å². The highest BCUT2D eigenvalue weighted by Gasteiger charge is 2.80. The molecule has 0 spiro atoms. The Balaban J connectivity index is 1.59. The summed E-state index contributed by atoms with van der Waals surface area (Å²) in [7, 11) is 0. The minimum atomic E-state index is -2.71. The van der Waals surface area contributed by atoms with E-state index in [-0.39, 0.29) is 18.3 Å². The van der Waals surface area contributed by atoms with Crippen LogP contribution in [0.25, 0.3) is 0 Å². The number of rotatable bonds is 5. The van der Waals surface area contributed by atoms with Gasteiger partial charge in [0.1, 0.15) is 18.2 Å². The molecule has 6 heteroatoms. The van der Waals surface area contributed by atoms with E-state index in [0.717, 1.165) is 31.7 Å². The van der Waals surface area contributed by atoms with Crippen LogP contribution in [0.15, 0.2) is 12.1 Å². The van der Waals surface area contributed by atoms with Crippen molar-refractivity contribution in [2.24, 2.45) is 11.3 Å². The summed E-state index contributed by atoms with van der Waals surface area (Å²) in [5, 5.41) is 9.05. The van der Waals surface area contributed by atoms with Crippen LogP contribution in [0.2, 0.25) is 0 Å². The first-order chi connectivity index (χ1) is 11.4. The summed E-state index contributed by atoms with van der Waals surface area (Å²) < 4.78 is 47.9.